The van der Waals surface area contributed by atoms with E-state index in [4.69, 9.17) is 5.11 Å². The van der Waals surface area contributed by atoms with Crippen molar-refractivity contribution in [2.45, 2.75) is 136 Å². The van der Waals surface area contributed by atoms with Gasteiger partial charge in [0, 0.05) is 43.0 Å². The van der Waals surface area contributed by atoms with Crippen molar-refractivity contribution in [2.75, 3.05) is 20.4 Å². The van der Waals surface area contributed by atoms with Crippen LogP contribution in [0.1, 0.15) is 132 Å². The normalized spacial score (nSPS) is 11.6. The quantitative estimate of drug-likeness (QED) is 0.335. The average Bonchev–Trinajstić information content (AvgIpc) is 2.64. The minimum absolute atomic E-state index is 0. The lowest BCUT2D eigenvalue weighted by molar-refractivity contribution is -0.145. The van der Waals surface area contributed by atoms with Crippen molar-refractivity contribution in [3.8, 4) is 0 Å². The lowest BCUT2D eigenvalue weighted by Crippen LogP contribution is -2.33. The highest BCUT2D eigenvalue weighted by Crippen LogP contribution is 2.16. The van der Waals surface area contributed by atoms with Gasteiger partial charge in [-0.05, 0) is 48.5 Å². The SMILES string of the molecule is C.CC(=O)C(C)(C)C.CC(C)(C)C(=O)O.CC(C)(C)S(C)(=O)=O.CCC(=O)C(C)(C)C.CN(C)C(=O)C(C)(C)C. The predicted molar refractivity (Wildman–Crippen MR) is 171 cm³/mol. The number of nitrogens with zero attached hydrogens (tertiary/aromatic N) is 1. The summed E-state index contributed by atoms with van der Waals surface area (Å²) in [6.45, 7) is 30.8. The molecule has 0 heterocycles. The van der Waals surface area contributed by atoms with E-state index in [2.05, 4.69) is 0 Å². The summed E-state index contributed by atoms with van der Waals surface area (Å²) in [5, 5.41) is 8.25. The predicted octanol–water partition coefficient (Wildman–Crippen LogP) is 7.34. The van der Waals surface area contributed by atoms with Gasteiger partial charge in [-0.1, -0.05) is 76.7 Å². The second-order valence-corrected chi connectivity index (χ2v) is 17.5. The molecule has 0 fully saturated rings. The first-order valence-electron chi connectivity index (χ1n) is 13.2. The smallest absolute Gasteiger partial charge is 0.308 e. The first-order valence-corrected chi connectivity index (χ1v) is 15.1. The van der Waals surface area contributed by atoms with Crippen molar-refractivity contribution < 1.29 is 32.7 Å². The molecule has 0 unspecified atom stereocenters. The fourth-order valence-corrected chi connectivity index (χ4v) is 1.20. The molecule has 1 amide bonds. The van der Waals surface area contributed by atoms with Gasteiger partial charge < -0.3 is 10.0 Å². The van der Waals surface area contributed by atoms with Crippen LogP contribution in [0.2, 0.25) is 0 Å². The third-order valence-corrected chi connectivity index (χ3v) is 7.24. The van der Waals surface area contributed by atoms with E-state index in [1.165, 1.54) is 6.26 Å². The second kappa shape index (κ2) is 19.4. The summed E-state index contributed by atoms with van der Waals surface area (Å²) in [4.78, 5) is 44.0. The van der Waals surface area contributed by atoms with Gasteiger partial charge in [-0.2, -0.15) is 0 Å². The molecule has 9 heteroatoms. The third-order valence-electron chi connectivity index (χ3n) is 5.02. The zero-order valence-corrected chi connectivity index (χ0v) is 29.8. The lowest BCUT2D eigenvalue weighted by atomic mass is 9.90. The van der Waals surface area contributed by atoms with Crippen LogP contribution in [0.25, 0.3) is 0 Å². The first kappa shape index (κ1) is 51.0. The second-order valence-electron chi connectivity index (χ2n) is 14.7. The van der Waals surface area contributed by atoms with Crippen LogP contribution in [0.3, 0.4) is 0 Å². The summed E-state index contributed by atoms with van der Waals surface area (Å²) in [5.41, 5.74) is -1.09. The lowest BCUT2D eigenvalue weighted by Gasteiger charge is -2.21. The van der Waals surface area contributed by atoms with E-state index in [-0.39, 0.29) is 35.4 Å². The van der Waals surface area contributed by atoms with E-state index >= 15 is 0 Å². The molecule has 0 aromatic rings. The van der Waals surface area contributed by atoms with E-state index in [0.717, 1.165) is 0 Å². The molecule has 0 saturated heterocycles. The number of carboxylic acid groups (broad SMARTS) is 1. The van der Waals surface area contributed by atoms with E-state index in [1.807, 2.05) is 69.2 Å². The Kier molecular flexibility index (Phi) is 24.7. The monoisotopic (exact) mass is 597 g/mol. The van der Waals surface area contributed by atoms with Gasteiger partial charge in [-0.25, -0.2) is 8.42 Å². The fraction of sp³-hybridized carbons (Fsp3) is 0.871. The Balaban J connectivity index is -0.0000000900. The fourth-order valence-electron chi connectivity index (χ4n) is 1.20. The summed E-state index contributed by atoms with van der Waals surface area (Å²) in [6, 6.07) is 0. The van der Waals surface area contributed by atoms with Gasteiger partial charge in [0.05, 0.1) is 10.2 Å². The molecule has 0 rings (SSSR count). The molecular weight excluding hydrogens is 530 g/mol. The van der Waals surface area contributed by atoms with Crippen LogP contribution >= 0.6 is 0 Å². The number of carbonyl (C=O) groups excluding carboxylic acids is 3. The first-order chi connectivity index (χ1) is 16.5. The minimum atomic E-state index is -2.84. The molecule has 244 valence electrons. The van der Waals surface area contributed by atoms with Gasteiger partial charge in [0.25, 0.3) is 0 Å². The van der Waals surface area contributed by atoms with E-state index in [9.17, 15) is 27.6 Å². The van der Waals surface area contributed by atoms with Crippen molar-refractivity contribution in [2.24, 2.45) is 21.7 Å². The Morgan fingerprint density at radius 1 is 0.650 bits per heavy atom. The van der Waals surface area contributed by atoms with Gasteiger partial charge in [0.15, 0.2) is 9.84 Å². The van der Waals surface area contributed by atoms with Crippen LogP contribution in [0.5, 0.6) is 0 Å². The van der Waals surface area contributed by atoms with Crippen LogP contribution in [0.4, 0.5) is 0 Å². The highest BCUT2D eigenvalue weighted by Gasteiger charge is 2.23. The van der Waals surface area contributed by atoms with E-state index in [1.54, 1.807) is 67.5 Å². The number of amides is 1. The number of ketones is 2. The van der Waals surface area contributed by atoms with Crippen LogP contribution in [0.15, 0.2) is 0 Å². The third kappa shape index (κ3) is 32.4. The summed E-state index contributed by atoms with van der Waals surface area (Å²) in [6.07, 6.45) is 1.90. The molecule has 0 saturated carbocycles. The molecule has 40 heavy (non-hydrogen) atoms. The van der Waals surface area contributed by atoms with Gasteiger partial charge in [0.1, 0.15) is 11.6 Å². The van der Waals surface area contributed by atoms with Crippen molar-refractivity contribution in [1.82, 2.24) is 4.90 Å². The van der Waals surface area contributed by atoms with Gasteiger partial charge in [0.2, 0.25) is 5.91 Å². The Morgan fingerprint density at radius 2 is 0.875 bits per heavy atom. The number of sulfone groups is 1. The van der Waals surface area contributed by atoms with Crippen LogP contribution in [-0.4, -0.2) is 67.0 Å². The maximum atomic E-state index is 11.1. The molecule has 1 N–H and O–H groups in total. The largest absolute Gasteiger partial charge is 0.481 e. The number of carbonyl (C=O) groups is 4. The summed E-state index contributed by atoms with van der Waals surface area (Å²) < 4.78 is 20.7. The number of Topliss-reactive ketones (excluding diaryl/α,β-unsaturated/α-hetero) is 2. The molecule has 0 radical (unpaired) electrons. The summed E-state index contributed by atoms with van der Waals surface area (Å²) >= 11 is 0. The number of aliphatic carboxylic acids is 1. The molecule has 0 spiro atoms. The molecule has 0 atom stereocenters. The van der Waals surface area contributed by atoms with Crippen molar-refractivity contribution in [3.63, 3.8) is 0 Å². The Morgan fingerprint density at radius 3 is 0.875 bits per heavy atom. The Hall–Kier alpha value is -1.77. The maximum absolute atomic E-state index is 11.1. The van der Waals surface area contributed by atoms with Crippen molar-refractivity contribution in [3.05, 3.63) is 0 Å². The van der Waals surface area contributed by atoms with E-state index < -0.39 is 26.0 Å². The minimum Gasteiger partial charge on any atom is -0.481 e. The van der Waals surface area contributed by atoms with Crippen molar-refractivity contribution >= 4 is 33.3 Å². The molecule has 8 nitrogen and oxygen atoms in total. The Labute approximate surface area is 249 Å². The molecule has 0 bridgehead atoms. The molecular formula is C31H67NO7S. The van der Waals surface area contributed by atoms with Crippen molar-refractivity contribution in [1.29, 1.82) is 0 Å². The number of carboxylic acids is 1. The summed E-state index contributed by atoms with van der Waals surface area (Å²) in [5.74, 6) is -0.0139. The van der Waals surface area contributed by atoms with Gasteiger partial charge in [-0.3, -0.25) is 19.2 Å². The van der Waals surface area contributed by atoms with Crippen LogP contribution in [0, 0.1) is 21.7 Å². The molecule has 0 aromatic carbocycles. The highest BCUT2D eigenvalue weighted by molar-refractivity contribution is 7.92. The van der Waals surface area contributed by atoms with Crippen LogP contribution in [-0.2, 0) is 29.0 Å². The van der Waals surface area contributed by atoms with Gasteiger partial charge in [-0.15, -0.1) is 0 Å². The highest BCUT2D eigenvalue weighted by atomic mass is 32.2. The standard InChI is InChI=1S/C7H15NO.C7H14O.C6H12O.C5H12O2S.C5H10O2.CH4/c1-7(2,3)6(9)8(4)5;1-5-6(8)7(2,3)4;1-5(7)6(2,3)4;1-5(2,3)8(4,6)7;1-5(2,3)4(6)7;/h1-5H3;5H2,1-4H3;1-4H3;1-4H3;1-3H3,(H,6,7);1H4. The summed E-state index contributed by atoms with van der Waals surface area (Å²) in [7, 11) is 0.703. The zero-order valence-electron chi connectivity index (χ0n) is 29.0. The Bertz CT molecular complexity index is 828. The average molecular weight is 598 g/mol. The topological polar surface area (TPSA) is 126 Å². The number of rotatable bonds is 1. The molecule has 0 aliphatic carbocycles. The van der Waals surface area contributed by atoms with E-state index in [0.29, 0.717) is 12.2 Å². The van der Waals surface area contributed by atoms with Gasteiger partial charge >= 0.3 is 5.97 Å². The number of hydrogen-bond acceptors (Lipinski definition) is 6. The zero-order chi connectivity index (χ0) is 33.6. The molecule has 0 aliphatic heterocycles. The number of hydrogen-bond donors (Lipinski definition) is 1. The molecule has 0 aromatic heterocycles. The molecule has 0 aliphatic rings. The maximum Gasteiger partial charge on any atom is 0.308 e. The van der Waals surface area contributed by atoms with Crippen LogP contribution < -0.4 is 0 Å².